The van der Waals surface area contributed by atoms with Crippen molar-refractivity contribution >= 4 is 5.69 Å². The summed E-state index contributed by atoms with van der Waals surface area (Å²) in [7, 11) is 4.54. The smallest absolute Gasteiger partial charge is 0.132 e. The Balaban J connectivity index is 2.17. The quantitative estimate of drug-likeness (QED) is 0.609. The fourth-order valence-corrected chi connectivity index (χ4v) is 2.05. The third-order valence-corrected chi connectivity index (χ3v) is 3.33. The molecule has 0 aromatic heterocycles. The molecule has 76 valence electrons. The molecule has 2 heteroatoms. The topological polar surface area (TPSA) is 3.24 Å². The Morgan fingerprint density at radius 3 is 2.21 bits per heavy atom. The fourth-order valence-electron chi connectivity index (χ4n) is 2.05. The Hall–Kier alpha value is -0.860. The van der Waals surface area contributed by atoms with Crippen molar-refractivity contribution < 1.29 is 0 Å². The van der Waals surface area contributed by atoms with E-state index < -0.39 is 0 Å². The Morgan fingerprint density at radius 1 is 1.07 bits per heavy atom. The monoisotopic (exact) mass is 191 g/mol. The van der Waals surface area contributed by atoms with Crippen LogP contribution in [-0.4, -0.2) is 45.2 Å². The molecule has 1 saturated heterocycles. The minimum Gasteiger partial charge on any atom is -0.295 e. The molecule has 0 N–H and O–H groups in total. The molecule has 0 atom stereocenters. The molecular weight excluding hydrogens is 172 g/mol. The highest BCUT2D eigenvalue weighted by Crippen LogP contribution is 2.21. The van der Waals surface area contributed by atoms with Crippen molar-refractivity contribution in [2.24, 2.45) is 0 Å². The summed E-state index contributed by atoms with van der Waals surface area (Å²) in [5.41, 5.74) is 1.45. The second-order valence-electron chi connectivity index (χ2n) is 4.48. The molecule has 1 aromatic carbocycles. The molecule has 1 aliphatic rings. The van der Waals surface area contributed by atoms with Crippen LogP contribution in [0.5, 0.6) is 0 Å². The van der Waals surface area contributed by atoms with Crippen molar-refractivity contribution in [1.82, 2.24) is 9.38 Å². The zero-order chi connectivity index (χ0) is 10.0. The van der Waals surface area contributed by atoms with Gasteiger partial charge in [0.2, 0.25) is 0 Å². The summed E-state index contributed by atoms with van der Waals surface area (Å²) in [5, 5.41) is 0. The normalized spacial score (nSPS) is 22.1. The number of likely N-dealkylation sites (N-methyl/N-ethyl adjacent to an activating group) is 2. The predicted molar refractivity (Wildman–Crippen MR) is 61.4 cm³/mol. The molecule has 0 amide bonds. The van der Waals surface area contributed by atoms with Crippen molar-refractivity contribution in [3.05, 3.63) is 30.3 Å². The average molecular weight is 191 g/mol. The molecule has 14 heavy (non-hydrogen) atoms. The van der Waals surface area contributed by atoms with Crippen molar-refractivity contribution in [2.45, 2.75) is 0 Å². The van der Waals surface area contributed by atoms with Crippen LogP contribution >= 0.6 is 0 Å². The number of piperazine rings is 1. The van der Waals surface area contributed by atoms with Crippen LogP contribution in [0, 0.1) is 0 Å². The minimum atomic E-state index is 1.09. The zero-order valence-electron chi connectivity index (χ0n) is 9.11. The molecule has 0 radical (unpaired) electrons. The number of para-hydroxylation sites is 1. The Morgan fingerprint density at radius 2 is 1.64 bits per heavy atom. The first-order valence-corrected chi connectivity index (χ1v) is 5.29. The third kappa shape index (κ3) is 1.81. The number of hydrogen-bond donors (Lipinski definition) is 0. The molecule has 0 spiro atoms. The highest BCUT2D eigenvalue weighted by Gasteiger charge is 2.28. The standard InChI is InChI=1S/C12H19N2/c1-13-8-10-14(2,11-9-13)12-6-4-3-5-7-12/h3-7H,8-11H2,1-2H3/q+1. The summed E-state index contributed by atoms with van der Waals surface area (Å²) < 4.78 is 1.09. The fraction of sp³-hybridized carbons (Fsp3) is 0.500. The van der Waals surface area contributed by atoms with Crippen LogP contribution in [0.15, 0.2) is 30.3 Å². The first-order chi connectivity index (χ1) is 6.71. The minimum absolute atomic E-state index is 1.09. The number of nitrogens with zero attached hydrogens (tertiary/aromatic N) is 2. The first kappa shape index (κ1) is 9.69. The van der Waals surface area contributed by atoms with E-state index in [1.54, 1.807) is 0 Å². The Labute approximate surface area is 86.3 Å². The van der Waals surface area contributed by atoms with Gasteiger partial charge in [-0.25, -0.2) is 0 Å². The van der Waals surface area contributed by atoms with Gasteiger partial charge in [0, 0.05) is 13.1 Å². The van der Waals surface area contributed by atoms with E-state index in [1.807, 2.05) is 0 Å². The lowest BCUT2D eigenvalue weighted by Gasteiger charge is -2.40. The molecule has 1 fully saturated rings. The Kier molecular flexibility index (Phi) is 2.57. The summed E-state index contributed by atoms with van der Waals surface area (Å²) in [6, 6.07) is 10.8. The van der Waals surface area contributed by atoms with E-state index in [9.17, 15) is 0 Å². The largest absolute Gasteiger partial charge is 0.295 e. The van der Waals surface area contributed by atoms with Gasteiger partial charge in [-0.05, 0) is 19.2 Å². The summed E-state index contributed by atoms with van der Waals surface area (Å²) in [6.07, 6.45) is 0. The first-order valence-electron chi connectivity index (χ1n) is 5.29. The van der Waals surface area contributed by atoms with E-state index in [0.29, 0.717) is 0 Å². The number of benzene rings is 1. The SMILES string of the molecule is CN1CC[N+](C)(c2ccccc2)CC1. The van der Waals surface area contributed by atoms with Gasteiger partial charge in [-0.3, -0.25) is 9.38 Å². The van der Waals surface area contributed by atoms with Crippen molar-refractivity contribution in [3.8, 4) is 0 Å². The second-order valence-corrected chi connectivity index (χ2v) is 4.48. The molecule has 1 aliphatic heterocycles. The number of hydrogen-bond acceptors (Lipinski definition) is 1. The van der Waals surface area contributed by atoms with Gasteiger partial charge in [0.15, 0.2) is 0 Å². The van der Waals surface area contributed by atoms with Gasteiger partial charge in [0.1, 0.15) is 5.69 Å². The molecule has 0 unspecified atom stereocenters. The van der Waals surface area contributed by atoms with Crippen LogP contribution in [0.4, 0.5) is 5.69 Å². The van der Waals surface area contributed by atoms with E-state index >= 15 is 0 Å². The lowest BCUT2D eigenvalue weighted by molar-refractivity contribution is 0.182. The van der Waals surface area contributed by atoms with Gasteiger partial charge < -0.3 is 0 Å². The number of quaternary nitrogens is 1. The van der Waals surface area contributed by atoms with Crippen LogP contribution in [0.2, 0.25) is 0 Å². The van der Waals surface area contributed by atoms with Crippen LogP contribution in [0.1, 0.15) is 0 Å². The van der Waals surface area contributed by atoms with Crippen LogP contribution < -0.4 is 4.48 Å². The Bertz CT molecular complexity index is 286. The van der Waals surface area contributed by atoms with Gasteiger partial charge in [-0.2, -0.15) is 0 Å². The summed E-state index contributed by atoms with van der Waals surface area (Å²) in [6.45, 7) is 4.85. The second kappa shape index (κ2) is 3.71. The summed E-state index contributed by atoms with van der Waals surface area (Å²) >= 11 is 0. The third-order valence-electron chi connectivity index (χ3n) is 3.33. The van der Waals surface area contributed by atoms with Crippen LogP contribution in [-0.2, 0) is 0 Å². The maximum Gasteiger partial charge on any atom is 0.132 e. The van der Waals surface area contributed by atoms with Gasteiger partial charge in [-0.15, -0.1) is 0 Å². The van der Waals surface area contributed by atoms with Crippen molar-refractivity contribution in [3.63, 3.8) is 0 Å². The van der Waals surface area contributed by atoms with E-state index in [-0.39, 0.29) is 0 Å². The predicted octanol–water partition coefficient (Wildman–Crippen LogP) is 1.57. The van der Waals surface area contributed by atoms with E-state index in [4.69, 9.17) is 0 Å². The lowest BCUT2D eigenvalue weighted by Crippen LogP contribution is -2.57. The molecule has 0 saturated carbocycles. The zero-order valence-corrected chi connectivity index (χ0v) is 9.11. The average Bonchev–Trinajstić information content (AvgIpc) is 2.24. The molecule has 1 heterocycles. The van der Waals surface area contributed by atoms with Crippen LogP contribution in [0.25, 0.3) is 0 Å². The van der Waals surface area contributed by atoms with E-state index in [1.165, 1.54) is 31.9 Å². The van der Waals surface area contributed by atoms with Crippen molar-refractivity contribution in [2.75, 3.05) is 40.3 Å². The van der Waals surface area contributed by atoms with Crippen LogP contribution in [0.3, 0.4) is 0 Å². The van der Waals surface area contributed by atoms with E-state index in [0.717, 1.165) is 4.48 Å². The molecule has 2 nitrogen and oxygen atoms in total. The maximum atomic E-state index is 2.41. The van der Waals surface area contributed by atoms with Gasteiger partial charge in [0.05, 0.1) is 20.1 Å². The maximum absolute atomic E-state index is 2.41. The molecule has 0 bridgehead atoms. The van der Waals surface area contributed by atoms with Gasteiger partial charge >= 0.3 is 0 Å². The molecular formula is C12H19N2+. The molecule has 0 aliphatic carbocycles. The van der Waals surface area contributed by atoms with Gasteiger partial charge in [0.25, 0.3) is 0 Å². The lowest BCUT2D eigenvalue weighted by atomic mass is 10.2. The van der Waals surface area contributed by atoms with Gasteiger partial charge in [-0.1, -0.05) is 18.2 Å². The summed E-state index contributed by atoms with van der Waals surface area (Å²) in [4.78, 5) is 2.41. The highest BCUT2D eigenvalue weighted by molar-refractivity contribution is 5.42. The number of rotatable bonds is 1. The van der Waals surface area contributed by atoms with E-state index in [2.05, 4.69) is 49.3 Å². The summed E-state index contributed by atoms with van der Waals surface area (Å²) in [5.74, 6) is 0. The highest BCUT2D eigenvalue weighted by atomic mass is 15.4. The van der Waals surface area contributed by atoms with Crippen molar-refractivity contribution in [1.29, 1.82) is 0 Å². The molecule has 1 aromatic rings. The molecule has 2 rings (SSSR count).